The lowest BCUT2D eigenvalue weighted by Crippen LogP contribution is -2.46. The van der Waals surface area contributed by atoms with Crippen LogP contribution in [0.1, 0.15) is 0 Å². The van der Waals surface area contributed by atoms with Crippen LogP contribution in [0.5, 0.6) is 0 Å². The smallest absolute Gasteiger partial charge is 0.0900 e. The second-order valence-corrected chi connectivity index (χ2v) is 4.53. The Bertz CT molecular complexity index is 288. The molecule has 0 fully saturated rings. The van der Waals surface area contributed by atoms with E-state index in [9.17, 15) is 20.1 Å². The number of hydrogen-bond acceptors (Lipinski definition) is 7. The molecule has 0 aromatic heterocycles. The Labute approximate surface area is 125 Å². The van der Waals surface area contributed by atoms with Crippen molar-refractivity contribution in [3.05, 3.63) is 25.3 Å². The largest absolute Gasteiger partial charge is 0.549 e. The van der Waals surface area contributed by atoms with Crippen LogP contribution in [0, 0.1) is 0 Å². The minimum Gasteiger partial charge on any atom is -0.549 e. The summed E-state index contributed by atoms with van der Waals surface area (Å²) in [6.45, 7) is 7.36. The summed E-state index contributed by atoms with van der Waals surface area (Å²) in [5.41, 5.74) is 0. The molecule has 122 valence electrons. The summed E-state index contributed by atoms with van der Waals surface area (Å²) >= 11 is 0. The first-order valence-corrected chi connectivity index (χ1v) is 6.65. The van der Waals surface area contributed by atoms with E-state index in [0.717, 1.165) is 0 Å². The first-order chi connectivity index (χ1) is 9.99. The van der Waals surface area contributed by atoms with Crippen LogP contribution in [-0.4, -0.2) is 79.4 Å². The topological polar surface area (TPSA) is 102 Å². The van der Waals surface area contributed by atoms with Crippen molar-refractivity contribution in [2.45, 2.75) is 12.2 Å². The van der Waals surface area contributed by atoms with Gasteiger partial charge in [-0.3, -0.25) is 4.90 Å². The molecular formula is C14H24NO6-. The highest BCUT2D eigenvalue weighted by molar-refractivity contribution is 5.66. The van der Waals surface area contributed by atoms with E-state index in [4.69, 9.17) is 9.47 Å². The van der Waals surface area contributed by atoms with Crippen LogP contribution in [0.3, 0.4) is 0 Å². The molecular weight excluding hydrogens is 278 g/mol. The van der Waals surface area contributed by atoms with Gasteiger partial charge in [0.2, 0.25) is 0 Å². The molecule has 0 spiro atoms. The fourth-order valence-electron chi connectivity index (χ4n) is 1.66. The van der Waals surface area contributed by atoms with Crippen molar-refractivity contribution in [1.82, 2.24) is 4.90 Å². The van der Waals surface area contributed by atoms with E-state index in [1.54, 1.807) is 12.2 Å². The fraction of sp³-hybridized carbons (Fsp3) is 0.643. The molecule has 0 aromatic carbocycles. The standard InChI is InChI=1S/C14H25NO6/c1-3-5-20-10-12(16)7-15(9-14(18)19)8-13(17)11-21-6-4-2/h3-4,12-13,16-17H,1-2,5-11H2,(H,18,19)/p-1. The number of carboxylic acids is 1. The van der Waals surface area contributed by atoms with Gasteiger partial charge in [-0.2, -0.15) is 0 Å². The predicted molar refractivity (Wildman–Crippen MR) is 75.5 cm³/mol. The van der Waals surface area contributed by atoms with Gasteiger partial charge in [0.05, 0.1) is 44.6 Å². The summed E-state index contributed by atoms with van der Waals surface area (Å²) < 4.78 is 10.2. The van der Waals surface area contributed by atoms with Gasteiger partial charge in [-0.05, 0) is 0 Å². The molecule has 0 aliphatic carbocycles. The van der Waals surface area contributed by atoms with E-state index < -0.39 is 24.7 Å². The van der Waals surface area contributed by atoms with Crippen LogP contribution in [0.2, 0.25) is 0 Å². The molecule has 0 bridgehead atoms. The van der Waals surface area contributed by atoms with Crippen molar-refractivity contribution in [3.8, 4) is 0 Å². The first kappa shape index (κ1) is 19.8. The Morgan fingerprint density at radius 1 is 1.10 bits per heavy atom. The molecule has 7 heteroatoms. The lowest BCUT2D eigenvalue weighted by Gasteiger charge is -2.27. The van der Waals surface area contributed by atoms with Gasteiger partial charge in [0, 0.05) is 19.6 Å². The number of carbonyl (C=O) groups excluding carboxylic acids is 1. The number of carbonyl (C=O) groups is 1. The van der Waals surface area contributed by atoms with Crippen LogP contribution in [0.4, 0.5) is 0 Å². The number of carboxylic acid groups (broad SMARTS) is 1. The second kappa shape index (κ2) is 12.5. The van der Waals surface area contributed by atoms with Gasteiger partial charge in [-0.15, -0.1) is 13.2 Å². The first-order valence-electron chi connectivity index (χ1n) is 6.65. The van der Waals surface area contributed by atoms with Crippen molar-refractivity contribution in [3.63, 3.8) is 0 Å². The molecule has 21 heavy (non-hydrogen) atoms. The van der Waals surface area contributed by atoms with Gasteiger partial charge in [0.25, 0.3) is 0 Å². The lowest BCUT2D eigenvalue weighted by atomic mass is 10.3. The van der Waals surface area contributed by atoms with Crippen LogP contribution >= 0.6 is 0 Å². The number of aliphatic carboxylic acids is 1. The summed E-state index contributed by atoms with van der Waals surface area (Å²) in [4.78, 5) is 12.1. The molecule has 0 amide bonds. The molecule has 0 saturated heterocycles. The van der Waals surface area contributed by atoms with Crippen LogP contribution in [0.25, 0.3) is 0 Å². The molecule has 0 aliphatic rings. The average molecular weight is 302 g/mol. The van der Waals surface area contributed by atoms with Gasteiger partial charge in [-0.1, -0.05) is 12.2 Å². The predicted octanol–water partition coefficient (Wildman–Crippen LogP) is -1.83. The Kier molecular flexibility index (Phi) is 11.7. The minimum atomic E-state index is -1.28. The van der Waals surface area contributed by atoms with E-state index >= 15 is 0 Å². The number of rotatable bonds is 14. The maximum Gasteiger partial charge on any atom is 0.0900 e. The SMILES string of the molecule is C=CCOCC(O)CN(CC(=O)[O-])CC(O)COCC=C. The van der Waals surface area contributed by atoms with E-state index in [2.05, 4.69) is 13.2 Å². The number of aliphatic hydroxyl groups is 2. The molecule has 2 unspecified atom stereocenters. The summed E-state index contributed by atoms with van der Waals surface area (Å²) in [7, 11) is 0. The summed E-state index contributed by atoms with van der Waals surface area (Å²) in [5, 5.41) is 30.2. The van der Waals surface area contributed by atoms with Gasteiger partial charge in [0.15, 0.2) is 0 Å². The van der Waals surface area contributed by atoms with E-state index in [0.29, 0.717) is 13.2 Å². The van der Waals surface area contributed by atoms with E-state index in [1.807, 2.05) is 0 Å². The molecule has 0 saturated carbocycles. The molecule has 2 atom stereocenters. The normalized spacial score (nSPS) is 13.9. The fourth-order valence-corrected chi connectivity index (χ4v) is 1.66. The van der Waals surface area contributed by atoms with Crippen LogP contribution in [0.15, 0.2) is 25.3 Å². The van der Waals surface area contributed by atoms with Crippen molar-refractivity contribution < 1.29 is 29.6 Å². The summed E-state index contributed by atoms with van der Waals surface area (Å²) in [6.07, 6.45) is 1.36. The van der Waals surface area contributed by atoms with Gasteiger partial charge in [-0.25, -0.2) is 0 Å². The molecule has 0 radical (unpaired) electrons. The highest BCUT2D eigenvalue weighted by Crippen LogP contribution is 1.98. The quantitative estimate of drug-likeness (QED) is 0.287. The zero-order valence-corrected chi connectivity index (χ0v) is 12.1. The van der Waals surface area contributed by atoms with Crippen molar-refractivity contribution >= 4 is 5.97 Å². The Hall–Kier alpha value is -1.25. The third-order valence-electron chi connectivity index (χ3n) is 2.38. The average Bonchev–Trinajstić information content (AvgIpc) is 2.38. The van der Waals surface area contributed by atoms with Crippen molar-refractivity contribution in [2.75, 3.05) is 46.1 Å². The second-order valence-electron chi connectivity index (χ2n) is 4.53. The summed E-state index contributed by atoms with van der Waals surface area (Å²) in [6, 6.07) is 0. The maximum absolute atomic E-state index is 10.7. The molecule has 0 heterocycles. The maximum atomic E-state index is 10.7. The number of hydrogen-bond donors (Lipinski definition) is 2. The Morgan fingerprint density at radius 2 is 1.52 bits per heavy atom. The van der Waals surface area contributed by atoms with E-state index in [-0.39, 0.29) is 26.3 Å². The van der Waals surface area contributed by atoms with Gasteiger partial charge < -0.3 is 29.6 Å². The highest BCUT2D eigenvalue weighted by Gasteiger charge is 2.16. The number of ether oxygens (including phenoxy) is 2. The highest BCUT2D eigenvalue weighted by atomic mass is 16.5. The van der Waals surface area contributed by atoms with E-state index in [1.165, 1.54) is 4.90 Å². The molecule has 0 rings (SSSR count). The zero-order chi connectivity index (χ0) is 16.1. The van der Waals surface area contributed by atoms with Crippen molar-refractivity contribution in [1.29, 1.82) is 0 Å². The molecule has 0 aromatic rings. The Balaban J connectivity index is 4.19. The van der Waals surface area contributed by atoms with Crippen LogP contribution < -0.4 is 5.11 Å². The molecule has 2 N–H and O–H groups in total. The third-order valence-corrected chi connectivity index (χ3v) is 2.38. The Morgan fingerprint density at radius 3 is 1.86 bits per heavy atom. The third kappa shape index (κ3) is 12.2. The lowest BCUT2D eigenvalue weighted by molar-refractivity contribution is -0.306. The monoisotopic (exact) mass is 302 g/mol. The minimum absolute atomic E-state index is 0.0453. The number of aliphatic hydroxyl groups excluding tert-OH is 2. The molecule has 7 nitrogen and oxygen atoms in total. The zero-order valence-electron chi connectivity index (χ0n) is 12.1. The van der Waals surface area contributed by atoms with Crippen molar-refractivity contribution in [2.24, 2.45) is 0 Å². The molecule has 0 aliphatic heterocycles. The van der Waals surface area contributed by atoms with Gasteiger partial charge >= 0.3 is 0 Å². The summed E-state index contributed by atoms with van der Waals surface area (Å²) in [5.74, 6) is -1.28. The van der Waals surface area contributed by atoms with Gasteiger partial charge in [0.1, 0.15) is 0 Å². The number of nitrogens with zero attached hydrogens (tertiary/aromatic N) is 1. The van der Waals surface area contributed by atoms with Crippen LogP contribution in [-0.2, 0) is 14.3 Å².